The van der Waals surface area contributed by atoms with Gasteiger partial charge in [-0.05, 0) is 37.3 Å². The third kappa shape index (κ3) is 2.69. The van der Waals surface area contributed by atoms with E-state index in [4.69, 9.17) is 16.3 Å². The number of halogens is 3. The van der Waals surface area contributed by atoms with Crippen molar-refractivity contribution < 1.29 is 13.5 Å². The van der Waals surface area contributed by atoms with Gasteiger partial charge >= 0.3 is 0 Å². The highest BCUT2D eigenvalue weighted by atomic mass is 35.5. The molecular weight excluding hydrogens is 298 g/mol. The lowest BCUT2D eigenvalue weighted by Crippen LogP contribution is -2.04. The second kappa shape index (κ2) is 5.33. The van der Waals surface area contributed by atoms with E-state index < -0.39 is 17.7 Å². The summed E-state index contributed by atoms with van der Waals surface area (Å²) < 4.78 is 32.5. The Kier molecular flexibility index (Phi) is 3.51. The van der Waals surface area contributed by atoms with Crippen molar-refractivity contribution >= 4 is 22.6 Å². The summed E-state index contributed by atoms with van der Waals surface area (Å²) in [5.74, 6) is -0.912. The van der Waals surface area contributed by atoms with Crippen molar-refractivity contribution in [1.82, 2.24) is 9.97 Å². The molecule has 3 aromatic rings. The fourth-order valence-corrected chi connectivity index (χ4v) is 2.21. The van der Waals surface area contributed by atoms with Gasteiger partial charge in [-0.3, -0.25) is 0 Å². The zero-order chi connectivity index (χ0) is 15.0. The van der Waals surface area contributed by atoms with Crippen LogP contribution < -0.4 is 4.74 Å². The average Bonchev–Trinajstić information content (AvgIpc) is 2.88. The predicted molar refractivity (Wildman–Crippen MR) is 76.5 cm³/mol. The van der Waals surface area contributed by atoms with E-state index in [0.29, 0.717) is 22.1 Å². The topological polar surface area (TPSA) is 37.9 Å². The quantitative estimate of drug-likeness (QED) is 0.765. The number of hydrogen-bond donors (Lipinski definition) is 1. The van der Waals surface area contributed by atoms with E-state index in [1.807, 2.05) is 0 Å². The summed E-state index contributed by atoms with van der Waals surface area (Å²) in [5.41, 5.74) is 0.386. The van der Waals surface area contributed by atoms with Gasteiger partial charge in [0, 0.05) is 5.02 Å². The van der Waals surface area contributed by atoms with Crippen LogP contribution in [-0.2, 0) is 0 Å². The number of ether oxygens (including phenoxy) is 1. The molecule has 0 bridgehead atoms. The molecule has 108 valence electrons. The Balaban J connectivity index is 1.91. The van der Waals surface area contributed by atoms with Crippen LogP contribution in [-0.4, -0.2) is 9.97 Å². The van der Waals surface area contributed by atoms with Gasteiger partial charge in [-0.2, -0.15) is 0 Å². The van der Waals surface area contributed by atoms with Crippen LogP contribution in [0.15, 0.2) is 36.4 Å². The van der Waals surface area contributed by atoms with Gasteiger partial charge in [0.15, 0.2) is 17.7 Å². The first kappa shape index (κ1) is 13.8. The van der Waals surface area contributed by atoms with E-state index >= 15 is 0 Å². The number of imidazole rings is 1. The van der Waals surface area contributed by atoms with Gasteiger partial charge in [-0.1, -0.05) is 17.7 Å². The Morgan fingerprint density at radius 1 is 1.24 bits per heavy atom. The Morgan fingerprint density at radius 2 is 2.05 bits per heavy atom. The van der Waals surface area contributed by atoms with E-state index in [-0.39, 0.29) is 5.52 Å². The maximum absolute atomic E-state index is 13.6. The Labute approximate surface area is 124 Å². The number of H-pyrrole nitrogens is 1. The first-order chi connectivity index (χ1) is 10.0. The van der Waals surface area contributed by atoms with Crippen molar-refractivity contribution in [3.63, 3.8) is 0 Å². The van der Waals surface area contributed by atoms with Crippen LogP contribution in [0.25, 0.3) is 11.0 Å². The molecule has 0 amide bonds. The Hall–Kier alpha value is -2.14. The zero-order valence-corrected chi connectivity index (χ0v) is 11.8. The molecule has 2 aromatic carbocycles. The van der Waals surface area contributed by atoms with E-state index in [0.717, 1.165) is 6.07 Å². The second-order valence-electron chi connectivity index (χ2n) is 4.60. The lowest BCUT2D eigenvalue weighted by Gasteiger charge is -2.12. The summed E-state index contributed by atoms with van der Waals surface area (Å²) in [6, 6.07) is 9.42. The van der Waals surface area contributed by atoms with Gasteiger partial charge in [-0.15, -0.1) is 0 Å². The van der Waals surface area contributed by atoms with Crippen molar-refractivity contribution in [2.75, 3.05) is 0 Å². The number of aromatic amines is 1. The van der Waals surface area contributed by atoms with Crippen LogP contribution in [0, 0.1) is 11.6 Å². The molecule has 0 saturated carbocycles. The van der Waals surface area contributed by atoms with Crippen molar-refractivity contribution in [1.29, 1.82) is 0 Å². The molecular formula is C15H11ClF2N2O. The Morgan fingerprint density at radius 3 is 2.81 bits per heavy atom. The molecule has 0 aliphatic heterocycles. The third-order valence-electron chi connectivity index (χ3n) is 3.06. The van der Waals surface area contributed by atoms with Crippen molar-refractivity contribution in [3.8, 4) is 5.75 Å². The smallest absolute Gasteiger partial charge is 0.186 e. The first-order valence-corrected chi connectivity index (χ1v) is 6.68. The summed E-state index contributed by atoms with van der Waals surface area (Å²) >= 11 is 5.88. The number of hydrogen-bond acceptors (Lipinski definition) is 2. The minimum atomic E-state index is -0.968. The lowest BCUT2D eigenvalue weighted by atomic mass is 10.3. The van der Waals surface area contributed by atoms with Crippen LogP contribution >= 0.6 is 11.6 Å². The predicted octanol–water partition coefficient (Wildman–Crippen LogP) is 4.63. The van der Waals surface area contributed by atoms with Crippen LogP contribution in [0.4, 0.5) is 8.78 Å². The maximum Gasteiger partial charge on any atom is 0.186 e. The molecule has 1 atom stereocenters. The highest BCUT2D eigenvalue weighted by molar-refractivity contribution is 6.30. The fraction of sp³-hybridized carbons (Fsp3) is 0.133. The number of nitrogens with zero attached hydrogens (tertiary/aromatic N) is 1. The summed E-state index contributed by atoms with van der Waals surface area (Å²) in [6.45, 7) is 1.76. The molecule has 1 aromatic heterocycles. The van der Waals surface area contributed by atoms with Gasteiger partial charge in [0.25, 0.3) is 0 Å². The second-order valence-corrected chi connectivity index (χ2v) is 5.03. The highest BCUT2D eigenvalue weighted by Crippen LogP contribution is 2.25. The van der Waals surface area contributed by atoms with E-state index in [2.05, 4.69) is 9.97 Å². The highest BCUT2D eigenvalue weighted by Gasteiger charge is 2.16. The number of aromatic nitrogens is 2. The summed E-state index contributed by atoms with van der Waals surface area (Å²) in [4.78, 5) is 6.99. The van der Waals surface area contributed by atoms with Crippen molar-refractivity contribution in [2.24, 2.45) is 0 Å². The molecule has 3 nitrogen and oxygen atoms in total. The summed E-state index contributed by atoms with van der Waals surface area (Å²) in [7, 11) is 0. The minimum Gasteiger partial charge on any atom is -0.483 e. The van der Waals surface area contributed by atoms with Crippen LogP contribution in [0.3, 0.4) is 0 Å². The normalized spacial score (nSPS) is 12.6. The molecule has 0 aliphatic carbocycles. The Bertz CT molecular complexity index is 803. The number of nitrogens with one attached hydrogen (secondary N) is 1. The molecule has 21 heavy (non-hydrogen) atoms. The van der Waals surface area contributed by atoms with Gasteiger partial charge in [-0.25, -0.2) is 13.8 Å². The van der Waals surface area contributed by atoms with E-state index in [9.17, 15) is 8.78 Å². The zero-order valence-electron chi connectivity index (χ0n) is 11.0. The molecule has 1 unspecified atom stereocenters. The van der Waals surface area contributed by atoms with E-state index in [1.165, 1.54) is 6.07 Å². The number of benzene rings is 2. The first-order valence-electron chi connectivity index (χ1n) is 6.30. The third-order valence-corrected chi connectivity index (χ3v) is 3.29. The fourth-order valence-electron chi connectivity index (χ4n) is 2.03. The summed E-state index contributed by atoms with van der Waals surface area (Å²) in [6.07, 6.45) is -0.460. The van der Waals surface area contributed by atoms with Crippen LogP contribution in [0.2, 0.25) is 5.02 Å². The molecule has 6 heteroatoms. The van der Waals surface area contributed by atoms with Gasteiger partial charge < -0.3 is 9.72 Å². The number of rotatable bonds is 3. The molecule has 0 aliphatic rings. The molecule has 1 N–H and O–H groups in total. The SMILES string of the molecule is CC(Oc1cccc(Cl)c1)c1nc2c(F)c(F)ccc2[nH]1. The van der Waals surface area contributed by atoms with Crippen molar-refractivity contribution in [3.05, 3.63) is 58.9 Å². The van der Waals surface area contributed by atoms with Crippen molar-refractivity contribution in [2.45, 2.75) is 13.0 Å². The minimum absolute atomic E-state index is 0.0356. The molecule has 0 fully saturated rings. The molecule has 0 spiro atoms. The standard InChI is InChI=1S/C15H11ClF2N2O/c1-8(21-10-4-2-3-9(16)7-10)15-19-12-6-5-11(17)13(18)14(12)20-15/h2-8H,1H3,(H,19,20). The van der Waals surface area contributed by atoms with Gasteiger partial charge in [0.05, 0.1) is 5.52 Å². The lowest BCUT2D eigenvalue weighted by molar-refractivity contribution is 0.218. The summed E-state index contributed by atoms with van der Waals surface area (Å²) in [5, 5.41) is 0.553. The van der Waals surface area contributed by atoms with Crippen LogP contribution in [0.5, 0.6) is 5.75 Å². The largest absolute Gasteiger partial charge is 0.483 e. The molecule has 0 radical (unpaired) electrons. The van der Waals surface area contributed by atoms with Gasteiger partial charge in [0.2, 0.25) is 0 Å². The van der Waals surface area contributed by atoms with Crippen LogP contribution in [0.1, 0.15) is 18.9 Å². The number of fused-ring (bicyclic) bond motifs is 1. The van der Waals surface area contributed by atoms with E-state index in [1.54, 1.807) is 31.2 Å². The molecule has 3 rings (SSSR count). The molecule has 1 heterocycles. The average molecular weight is 309 g/mol. The maximum atomic E-state index is 13.6. The van der Waals surface area contributed by atoms with Gasteiger partial charge in [0.1, 0.15) is 17.1 Å². The molecule has 0 saturated heterocycles. The monoisotopic (exact) mass is 308 g/mol.